The highest BCUT2D eigenvalue weighted by molar-refractivity contribution is 5.76. The summed E-state index contributed by atoms with van der Waals surface area (Å²) in [6.45, 7) is 1.41. The summed E-state index contributed by atoms with van der Waals surface area (Å²) in [4.78, 5) is 26.4. The average molecular weight is 326 g/mol. The molecule has 0 spiro atoms. The second-order valence-electron chi connectivity index (χ2n) is 6.05. The maximum absolute atomic E-state index is 12.5. The number of rotatable bonds is 4. The van der Waals surface area contributed by atoms with Crippen molar-refractivity contribution in [3.63, 3.8) is 0 Å². The molecule has 126 valence electrons. The molecule has 1 aliphatic heterocycles. The minimum absolute atomic E-state index is 0.0179. The number of benzene rings is 1. The highest BCUT2D eigenvalue weighted by atomic mass is 16.2. The van der Waals surface area contributed by atoms with Gasteiger partial charge in [-0.3, -0.25) is 9.59 Å². The van der Waals surface area contributed by atoms with Gasteiger partial charge in [-0.25, -0.2) is 4.68 Å². The molecule has 1 amide bonds. The Balaban J connectivity index is 1.77. The Kier molecular flexibility index (Phi) is 5.05. The summed E-state index contributed by atoms with van der Waals surface area (Å²) in [6.07, 6.45) is 2.05. The lowest BCUT2D eigenvalue weighted by molar-refractivity contribution is -0.133. The molecule has 3 rings (SSSR count). The van der Waals surface area contributed by atoms with Crippen molar-refractivity contribution in [1.82, 2.24) is 20.0 Å². The predicted molar refractivity (Wildman–Crippen MR) is 92.6 cm³/mol. The summed E-state index contributed by atoms with van der Waals surface area (Å²) < 4.78 is 1.26. The molecule has 1 aliphatic rings. The maximum atomic E-state index is 12.5. The molecular weight excluding hydrogens is 304 g/mol. The van der Waals surface area contributed by atoms with Crippen LogP contribution >= 0.6 is 0 Å². The Morgan fingerprint density at radius 1 is 1.25 bits per heavy atom. The summed E-state index contributed by atoms with van der Waals surface area (Å²) in [7, 11) is 1.91. The number of amides is 1. The number of carbonyl (C=O) groups excluding carboxylic acids is 1. The fourth-order valence-electron chi connectivity index (χ4n) is 2.99. The van der Waals surface area contributed by atoms with E-state index in [1.807, 2.05) is 42.3 Å². The van der Waals surface area contributed by atoms with E-state index in [0.717, 1.165) is 24.9 Å². The van der Waals surface area contributed by atoms with Crippen LogP contribution in [0.25, 0.3) is 11.3 Å². The molecule has 1 saturated heterocycles. The van der Waals surface area contributed by atoms with Crippen molar-refractivity contribution in [3.8, 4) is 11.3 Å². The zero-order valence-electron chi connectivity index (χ0n) is 13.8. The van der Waals surface area contributed by atoms with E-state index in [-0.39, 0.29) is 18.0 Å². The summed E-state index contributed by atoms with van der Waals surface area (Å²) in [5.74, 6) is -0.0604. The van der Waals surface area contributed by atoms with Crippen LogP contribution in [0, 0.1) is 0 Å². The molecule has 1 fully saturated rings. The third-order valence-electron chi connectivity index (χ3n) is 4.40. The Morgan fingerprint density at radius 3 is 2.79 bits per heavy atom. The van der Waals surface area contributed by atoms with Gasteiger partial charge < -0.3 is 10.2 Å². The minimum atomic E-state index is -0.259. The Hall–Kier alpha value is -2.47. The van der Waals surface area contributed by atoms with E-state index >= 15 is 0 Å². The van der Waals surface area contributed by atoms with Crippen molar-refractivity contribution < 1.29 is 4.79 Å². The summed E-state index contributed by atoms with van der Waals surface area (Å²) >= 11 is 0. The first kappa shape index (κ1) is 16.4. The first-order chi connectivity index (χ1) is 11.7. The molecule has 6 nitrogen and oxygen atoms in total. The van der Waals surface area contributed by atoms with Gasteiger partial charge in [-0.1, -0.05) is 30.3 Å². The van der Waals surface area contributed by atoms with E-state index in [1.165, 1.54) is 10.7 Å². The van der Waals surface area contributed by atoms with Gasteiger partial charge in [0.05, 0.1) is 5.69 Å². The second kappa shape index (κ2) is 7.40. The highest BCUT2D eigenvalue weighted by Crippen LogP contribution is 2.14. The van der Waals surface area contributed by atoms with Gasteiger partial charge in [0.25, 0.3) is 5.56 Å². The number of aromatic nitrogens is 2. The van der Waals surface area contributed by atoms with Crippen LogP contribution in [0.3, 0.4) is 0 Å². The van der Waals surface area contributed by atoms with Gasteiger partial charge in [-0.2, -0.15) is 5.10 Å². The number of carbonyl (C=O) groups is 1. The third kappa shape index (κ3) is 3.71. The standard InChI is InChI=1S/C18H22N4O2/c1-19-15-8-5-11-21(12-15)18(24)13-22-17(23)10-9-16(20-22)14-6-3-2-4-7-14/h2-4,6-7,9-10,15,19H,5,8,11-13H2,1H3. The largest absolute Gasteiger partial charge is 0.340 e. The van der Waals surface area contributed by atoms with E-state index in [4.69, 9.17) is 0 Å². The molecule has 0 saturated carbocycles. The number of nitrogens with one attached hydrogen (secondary N) is 1. The summed E-state index contributed by atoms with van der Waals surface area (Å²) in [5, 5.41) is 7.57. The maximum Gasteiger partial charge on any atom is 0.267 e. The number of hydrogen-bond acceptors (Lipinski definition) is 4. The number of likely N-dealkylation sites (N-methyl/N-ethyl adjacent to an activating group) is 1. The third-order valence-corrected chi connectivity index (χ3v) is 4.40. The average Bonchev–Trinajstić information content (AvgIpc) is 2.64. The Morgan fingerprint density at radius 2 is 2.04 bits per heavy atom. The van der Waals surface area contributed by atoms with Crippen molar-refractivity contribution in [1.29, 1.82) is 0 Å². The number of piperidine rings is 1. The number of nitrogens with zero attached hydrogens (tertiary/aromatic N) is 3. The SMILES string of the molecule is CNC1CCCN(C(=O)Cn2nc(-c3ccccc3)ccc2=O)C1. The van der Waals surface area contributed by atoms with Crippen LogP contribution < -0.4 is 10.9 Å². The lowest BCUT2D eigenvalue weighted by atomic mass is 10.1. The van der Waals surface area contributed by atoms with Crippen molar-refractivity contribution in [2.45, 2.75) is 25.4 Å². The second-order valence-corrected chi connectivity index (χ2v) is 6.05. The lowest BCUT2D eigenvalue weighted by Crippen LogP contribution is -2.48. The van der Waals surface area contributed by atoms with E-state index in [9.17, 15) is 9.59 Å². The van der Waals surface area contributed by atoms with Gasteiger partial charge in [-0.05, 0) is 26.0 Å². The molecule has 1 unspecified atom stereocenters. The minimum Gasteiger partial charge on any atom is -0.340 e. The van der Waals surface area contributed by atoms with E-state index < -0.39 is 0 Å². The van der Waals surface area contributed by atoms with Crippen LogP contribution in [0.2, 0.25) is 0 Å². The van der Waals surface area contributed by atoms with Crippen LogP contribution in [-0.4, -0.2) is 46.8 Å². The van der Waals surface area contributed by atoms with Gasteiger partial charge in [0.2, 0.25) is 5.91 Å². The summed E-state index contributed by atoms with van der Waals surface area (Å²) in [6, 6.07) is 13.1. The fraction of sp³-hybridized carbons (Fsp3) is 0.389. The van der Waals surface area contributed by atoms with E-state index in [0.29, 0.717) is 18.3 Å². The summed E-state index contributed by atoms with van der Waals surface area (Å²) in [5.41, 5.74) is 1.35. The van der Waals surface area contributed by atoms with Crippen LogP contribution in [0.5, 0.6) is 0 Å². The molecular formula is C18H22N4O2. The number of likely N-dealkylation sites (tertiary alicyclic amines) is 1. The number of hydrogen-bond donors (Lipinski definition) is 1. The zero-order chi connectivity index (χ0) is 16.9. The van der Waals surface area contributed by atoms with Gasteiger partial charge in [0.1, 0.15) is 6.54 Å². The molecule has 1 aromatic carbocycles. The molecule has 1 N–H and O–H groups in total. The van der Waals surface area contributed by atoms with Gasteiger partial charge in [-0.15, -0.1) is 0 Å². The molecule has 2 heterocycles. The van der Waals surface area contributed by atoms with Gasteiger partial charge in [0.15, 0.2) is 0 Å². The fourth-order valence-corrected chi connectivity index (χ4v) is 2.99. The molecule has 0 radical (unpaired) electrons. The van der Waals surface area contributed by atoms with E-state index in [1.54, 1.807) is 6.07 Å². The van der Waals surface area contributed by atoms with Crippen LogP contribution in [0.1, 0.15) is 12.8 Å². The predicted octanol–water partition coefficient (Wildman–Crippen LogP) is 1.12. The van der Waals surface area contributed by atoms with Gasteiger partial charge >= 0.3 is 0 Å². The molecule has 0 aliphatic carbocycles. The van der Waals surface area contributed by atoms with Crippen LogP contribution in [-0.2, 0) is 11.3 Å². The van der Waals surface area contributed by atoms with Crippen LogP contribution in [0.4, 0.5) is 0 Å². The lowest BCUT2D eigenvalue weighted by Gasteiger charge is -2.32. The monoisotopic (exact) mass is 326 g/mol. The van der Waals surface area contributed by atoms with Crippen molar-refractivity contribution in [2.24, 2.45) is 0 Å². The van der Waals surface area contributed by atoms with E-state index in [2.05, 4.69) is 10.4 Å². The quantitative estimate of drug-likeness (QED) is 0.914. The molecule has 2 aromatic rings. The molecule has 6 heteroatoms. The van der Waals surface area contributed by atoms with Crippen molar-refractivity contribution >= 4 is 5.91 Å². The normalized spacial score (nSPS) is 17.7. The highest BCUT2D eigenvalue weighted by Gasteiger charge is 2.23. The molecule has 0 bridgehead atoms. The van der Waals surface area contributed by atoms with Crippen molar-refractivity contribution in [2.75, 3.05) is 20.1 Å². The molecule has 24 heavy (non-hydrogen) atoms. The van der Waals surface area contributed by atoms with Crippen molar-refractivity contribution in [3.05, 3.63) is 52.8 Å². The molecule has 1 aromatic heterocycles. The topological polar surface area (TPSA) is 67.2 Å². The Bertz CT molecular complexity index is 757. The van der Waals surface area contributed by atoms with Gasteiger partial charge in [0, 0.05) is 30.8 Å². The first-order valence-corrected chi connectivity index (χ1v) is 8.26. The Labute approximate surface area is 141 Å². The zero-order valence-corrected chi connectivity index (χ0v) is 13.8. The van der Waals surface area contributed by atoms with Crippen LogP contribution in [0.15, 0.2) is 47.3 Å². The molecule has 1 atom stereocenters. The smallest absolute Gasteiger partial charge is 0.267 e. The first-order valence-electron chi connectivity index (χ1n) is 8.26.